The zero-order valence-corrected chi connectivity index (χ0v) is 13.1. The van der Waals surface area contributed by atoms with E-state index in [0.29, 0.717) is 5.92 Å². The number of hydrogen-bond donors (Lipinski definition) is 0. The van der Waals surface area contributed by atoms with Crippen LogP contribution in [0, 0.1) is 19.8 Å². The number of aryl methyl sites for hydroxylation is 2. The Morgan fingerprint density at radius 2 is 2.16 bits per heavy atom. The molecule has 0 amide bonds. The average molecular weight is 296 g/mol. The predicted octanol–water partition coefficient (Wildman–Crippen LogP) is 3.76. The van der Waals surface area contributed by atoms with Crippen molar-refractivity contribution in [3.63, 3.8) is 0 Å². The van der Waals surface area contributed by atoms with Crippen LogP contribution in [0.25, 0.3) is 10.2 Å². The Kier molecular flexibility index (Phi) is 3.39. The summed E-state index contributed by atoms with van der Waals surface area (Å²) in [4.78, 5) is 13.7. The van der Waals surface area contributed by atoms with E-state index in [9.17, 15) is 0 Å². The molecule has 0 aromatic carbocycles. The Morgan fingerprint density at radius 3 is 2.89 bits per heavy atom. The number of nitrogens with zero attached hydrogens (tertiary/aromatic N) is 3. The molecule has 1 aliphatic rings. The number of piperidine rings is 1. The Labute approximate surface area is 122 Å². The van der Waals surface area contributed by atoms with Gasteiger partial charge in [-0.2, -0.15) is 0 Å². The first-order valence-corrected chi connectivity index (χ1v) is 7.93. The van der Waals surface area contributed by atoms with E-state index in [1.807, 2.05) is 0 Å². The second kappa shape index (κ2) is 4.91. The first-order valence-electron chi connectivity index (χ1n) is 6.67. The molecule has 2 atom stereocenters. The van der Waals surface area contributed by atoms with Gasteiger partial charge >= 0.3 is 0 Å². The highest BCUT2D eigenvalue weighted by atomic mass is 35.5. The molecule has 2 unspecified atom stereocenters. The van der Waals surface area contributed by atoms with E-state index >= 15 is 0 Å². The molecule has 3 heterocycles. The second-order valence-electron chi connectivity index (χ2n) is 5.39. The maximum atomic E-state index is 6.43. The van der Waals surface area contributed by atoms with E-state index in [-0.39, 0.29) is 5.38 Å². The fourth-order valence-electron chi connectivity index (χ4n) is 2.62. The van der Waals surface area contributed by atoms with E-state index in [4.69, 9.17) is 11.6 Å². The third-order valence-electron chi connectivity index (χ3n) is 4.11. The van der Waals surface area contributed by atoms with Gasteiger partial charge in [-0.15, -0.1) is 22.9 Å². The summed E-state index contributed by atoms with van der Waals surface area (Å²) >= 11 is 8.17. The van der Waals surface area contributed by atoms with Crippen molar-refractivity contribution >= 4 is 39.0 Å². The molecular formula is C14H18ClN3S. The molecule has 102 valence electrons. The van der Waals surface area contributed by atoms with Gasteiger partial charge in [-0.05, 0) is 31.7 Å². The molecule has 0 aliphatic carbocycles. The third kappa shape index (κ3) is 2.21. The minimum atomic E-state index is 0.207. The van der Waals surface area contributed by atoms with Crippen LogP contribution >= 0.6 is 22.9 Å². The van der Waals surface area contributed by atoms with Crippen LogP contribution in [0.1, 0.15) is 23.8 Å². The van der Waals surface area contributed by atoms with Crippen LogP contribution in [0.3, 0.4) is 0 Å². The van der Waals surface area contributed by atoms with Gasteiger partial charge in [0.1, 0.15) is 17.0 Å². The van der Waals surface area contributed by atoms with Gasteiger partial charge in [0, 0.05) is 18.0 Å². The van der Waals surface area contributed by atoms with Gasteiger partial charge in [0.05, 0.1) is 10.8 Å². The zero-order chi connectivity index (χ0) is 13.6. The van der Waals surface area contributed by atoms with Crippen LogP contribution in [0.4, 0.5) is 5.82 Å². The maximum Gasteiger partial charge on any atom is 0.141 e. The highest BCUT2D eigenvalue weighted by Crippen LogP contribution is 2.36. The van der Waals surface area contributed by atoms with Crippen LogP contribution in [-0.4, -0.2) is 28.4 Å². The number of fused-ring (bicyclic) bond motifs is 1. The number of anilines is 1. The van der Waals surface area contributed by atoms with E-state index in [2.05, 4.69) is 35.6 Å². The van der Waals surface area contributed by atoms with Crippen LogP contribution in [0.2, 0.25) is 0 Å². The Balaban J connectivity index is 2.05. The number of hydrogen-bond acceptors (Lipinski definition) is 4. The van der Waals surface area contributed by atoms with Crippen molar-refractivity contribution in [1.82, 2.24) is 9.97 Å². The minimum absolute atomic E-state index is 0.207. The Bertz CT molecular complexity index is 610. The van der Waals surface area contributed by atoms with Crippen LogP contribution < -0.4 is 4.90 Å². The Hall–Kier alpha value is -0.870. The van der Waals surface area contributed by atoms with Gasteiger partial charge in [0.15, 0.2) is 0 Å². The molecule has 1 fully saturated rings. The number of aromatic nitrogens is 2. The summed E-state index contributed by atoms with van der Waals surface area (Å²) in [6.07, 6.45) is 2.80. The lowest BCUT2D eigenvalue weighted by Gasteiger charge is -2.35. The van der Waals surface area contributed by atoms with Crippen molar-refractivity contribution in [2.45, 2.75) is 32.6 Å². The van der Waals surface area contributed by atoms with E-state index in [1.165, 1.54) is 15.8 Å². The van der Waals surface area contributed by atoms with Gasteiger partial charge in [0.2, 0.25) is 0 Å². The normalized spacial score (nSPS) is 24.1. The molecule has 19 heavy (non-hydrogen) atoms. The molecule has 0 bridgehead atoms. The molecule has 5 heteroatoms. The summed E-state index contributed by atoms with van der Waals surface area (Å²) in [7, 11) is 0. The highest BCUT2D eigenvalue weighted by Gasteiger charge is 2.27. The third-order valence-corrected chi connectivity index (χ3v) is 5.79. The quantitative estimate of drug-likeness (QED) is 0.750. The first kappa shape index (κ1) is 13.1. The lowest BCUT2D eigenvalue weighted by Crippen LogP contribution is -2.40. The van der Waals surface area contributed by atoms with Crippen molar-refractivity contribution < 1.29 is 0 Å². The summed E-state index contributed by atoms with van der Waals surface area (Å²) in [5, 5.41) is 1.42. The second-order valence-corrected chi connectivity index (χ2v) is 7.15. The molecule has 0 N–H and O–H groups in total. The molecule has 1 saturated heterocycles. The fourth-order valence-corrected chi connectivity index (χ4v) is 3.90. The van der Waals surface area contributed by atoms with Gasteiger partial charge in [-0.3, -0.25) is 0 Å². The van der Waals surface area contributed by atoms with E-state index in [1.54, 1.807) is 17.7 Å². The standard InChI is InChI=1S/C14H18ClN3S/c1-8-4-5-18(6-11(8)15)13-12-9(2)10(3)19-14(12)17-7-16-13/h7-8,11H,4-6H2,1-3H3. The van der Waals surface area contributed by atoms with Crippen molar-refractivity contribution in [3.8, 4) is 0 Å². The number of halogens is 1. The van der Waals surface area contributed by atoms with E-state index < -0.39 is 0 Å². The smallest absolute Gasteiger partial charge is 0.141 e. The molecule has 0 spiro atoms. The molecule has 3 rings (SSSR count). The molecule has 0 saturated carbocycles. The van der Waals surface area contributed by atoms with Gasteiger partial charge < -0.3 is 4.90 Å². The molecule has 0 radical (unpaired) electrons. The van der Waals surface area contributed by atoms with E-state index in [0.717, 1.165) is 30.2 Å². The van der Waals surface area contributed by atoms with Crippen LogP contribution in [0.15, 0.2) is 6.33 Å². The fraction of sp³-hybridized carbons (Fsp3) is 0.571. The maximum absolute atomic E-state index is 6.43. The van der Waals surface area contributed by atoms with Crippen molar-refractivity contribution in [2.75, 3.05) is 18.0 Å². The van der Waals surface area contributed by atoms with Gasteiger partial charge in [-0.25, -0.2) is 9.97 Å². The minimum Gasteiger partial charge on any atom is -0.354 e. The van der Waals surface area contributed by atoms with Crippen LogP contribution in [0.5, 0.6) is 0 Å². The lowest BCUT2D eigenvalue weighted by molar-refractivity contribution is 0.444. The summed E-state index contributed by atoms with van der Waals surface area (Å²) in [5.41, 5.74) is 1.31. The Morgan fingerprint density at radius 1 is 1.37 bits per heavy atom. The van der Waals surface area contributed by atoms with Crippen molar-refractivity contribution in [2.24, 2.45) is 5.92 Å². The van der Waals surface area contributed by atoms with Crippen molar-refractivity contribution in [1.29, 1.82) is 0 Å². The zero-order valence-electron chi connectivity index (χ0n) is 11.5. The first-order chi connectivity index (χ1) is 9.08. The number of rotatable bonds is 1. The summed E-state index contributed by atoms with van der Waals surface area (Å²) in [6, 6.07) is 0. The molecule has 3 nitrogen and oxygen atoms in total. The topological polar surface area (TPSA) is 29.0 Å². The summed E-state index contributed by atoms with van der Waals surface area (Å²) in [6.45, 7) is 8.44. The SMILES string of the molecule is Cc1sc2ncnc(N3CCC(C)C(Cl)C3)c2c1C. The van der Waals surface area contributed by atoms with Crippen molar-refractivity contribution in [3.05, 3.63) is 16.8 Å². The number of thiophene rings is 1. The molecular weight excluding hydrogens is 278 g/mol. The lowest BCUT2D eigenvalue weighted by atomic mass is 9.98. The molecule has 2 aromatic rings. The largest absolute Gasteiger partial charge is 0.354 e. The van der Waals surface area contributed by atoms with Gasteiger partial charge in [-0.1, -0.05) is 6.92 Å². The monoisotopic (exact) mass is 295 g/mol. The highest BCUT2D eigenvalue weighted by molar-refractivity contribution is 7.18. The molecule has 1 aliphatic heterocycles. The summed E-state index contributed by atoms with van der Waals surface area (Å²) in [5.74, 6) is 1.64. The van der Waals surface area contributed by atoms with Gasteiger partial charge in [0.25, 0.3) is 0 Å². The summed E-state index contributed by atoms with van der Waals surface area (Å²) < 4.78 is 0. The predicted molar refractivity (Wildman–Crippen MR) is 82.5 cm³/mol. The molecule has 2 aromatic heterocycles. The van der Waals surface area contributed by atoms with Crippen LogP contribution in [-0.2, 0) is 0 Å². The number of alkyl halides is 1. The average Bonchev–Trinajstić information content (AvgIpc) is 2.69.